The van der Waals surface area contributed by atoms with Crippen molar-refractivity contribution < 1.29 is 9.90 Å². The fourth-order valence-corrected chi connectivity index (χ4v) is 3.84. The number of carbonyl (C=O) groups excluding carboxylic acids is 1. The molecule has 0 bridgehead atoms. The number of nitrogens with one attached hydrogen (secondary N) is 1. The number of benzene rings is 1. The summed E-state index contributed by atoms with van der Waals surface area (Å²) in [5.41, 5.74) is 2.46. The number of aromatic nitrogens is 2. The van der Waals surface area contributed by atoms with Crippen LogP contribution in [0.3, 0.4) is 0 Å². The summed E-state index contributed by atoms with van der Waals surface area (Å²) in [5, 5.41) is 13.2. The van der Waals surface area contributed by atoms with Crippen molar-refractivity contribution in [2.24, 2.45) is 0 Å². The summed E-state index contributed by atoms with van der Waals surface area (Å²) < 4.78 is 0. The van der Waals surface area contributed by atoms with Crippen LogP contribution < -0.4 is 5.32 Å². The quantitative estimate of drug-likeness (QED) is 0.910. The molecule has 2 atom stereocenters. The Morgan fingerprint density at radius 3 is 2.79 bits per heavy atom. The van der Waals surface area contributed by atoms with Crippen LogP contribution in [-0.4, -0.2) is 27.1 Å². The second-order valence-corrected chi connectivity index (χ2v) is 6.70. The Morgan fingerprint density at radius 1 is 1.17 bits per heavy atom. The average Bonchev–Trinajstić information content (AvgIpc) is 3.24. The highest BCUT2D eigenvalue weighted by Gasteiger charge is 2.32. The van der Waals surface area contributed by atoms with Gasteiger partial charge in [-0.2, -0.15) is 0 Å². The molecule has 2 N–H and O–H groups in total. The summed E-state index contributed by atoms with van der Waals surface area (Å²) in [7, 11) is 0. The molecule has 4 rings (SSSR count). The van der Waals surface area contributed by atoms with E-state index < -0.39 is 6.10 Å². The summed E-state index contributed by atoms with van der Waals surface area (Å²) >= 11 is 0. The van der Waals surface area contributed by atoms with Gasteiger partial charge in [-0.3, -0.25) is 4.79 Å². The molecule has 24 heavy (non-hydrogen) atoms. The van der Waals surface area contributed by atoms with Crippen molar-refractivity contribution >= 4 is 5.91 Å². The molecule has 124 valence electrons. The Bertz CT molecular complexity index is 756. The lowest BCUT2D eigenvalue weighted by Gasteiger charge is -2.18. The minimum absolute atomic E-state index is 0.252. The number of nitrogens with zero attached hydrogens (tertiary/aromatic N) is 2. The van der Waals surface area contributed by atoms with Crippen LogP contribution in [0.4, 0.5) is 0 Å². The molecule has 1 aromatic carbocycles. The maximum atomic E-state index is 12.6. The van der Waals surface area contributed by atoms with Crippen LogP contribution in [-0.2, 0) is 6.42 Å². The van der Waals surface area contributed by atoms with E-state index in [0.717, 1.165) is 29.8 Å². The molecule has 1 saturated carbocycles. The Kier molecular flexibility index (Phi) is 4.02. The van der Waals surface area contributed by atoms with Crippen molar-refractivity contribution in [1.82, 2.24) is 15.3 Å². The third-order valence-corrected chi connectivity index (χ3v) is 5.12. The molecule has 0 aliphatic heterocycles. The highest BCUT2D eigenvalue weighted by molar-refractivity contribution is 5.92. The second kappa shape index (κ2) is 6.32. The molecule has 1 aromatic heterocycles. The van der Waals surface area contributed by atoms with Crippen LogP contribution in [0.15, 0.2) is 36.5 Å². The maximum Gasteiger partial charge on any atom is 0.270 e. The number of hydrogen-bond acceptors (Lipinski definition) is 4. The molecule has 1 fully saturated rings. The molecule has 1 heterocycles. The van der Waals surface area contributed by atoms with Crippen molar-refractivity contribution in [2.45, 2.75) is 50.2 Å². The van der Waals surface area contributed by atoms with Gasteiger partial charge in [-0.15, -0.1) is 0 Å². The standard InChI is InChI=1S/C19H21N3O2/c23-16-11-13-7-3-4-8-14(13)17(16)22-19(24)15-9-10-20-18(21-15)12-5-1-2-6-12/h3-4,7-10,12,16-17,23H,1-2,5-6,11H2,(H,22,24). The van der Waals surface area contributed by atoms with Gasteiger partial charge in [0.25, 0.3) is 5.91 Å². The van der Waals surface area contributed by atoms with E-state index in [1.54, 1.807) is 12.3 Å². The minimum Gasteiger partial charge on any atom is -0.390 e. The number of hydrogen-bond donors (Lipinski definition) is 2. The third kappa shape index (κ3) is 2.80. The first-order valence-electron chi connectivity index (χ1n) is 8.62. The van der Waals surface area contributed by atoms with Crippen molar-refractivity contribution in [3.63, 3.8) is 0 Å². The Morgan fingerprint density at radius 2 is 1.96 bits per heavy atom. The van der Waals surface area contributed by atoms with Gasteiger partial charge in [0.2, 0.25) is 0 Å². The number of aliphatic hydroxyl groups is 1. The molecule has 5 nitrogen and oxygen atoms in total. The normalized spacial score (nSPS) is 23.2. The first-order valence-corrected chi connectivity index (χ1v) is 8.62. The summed E-state index contributed by atoms with van der Waals surface area (Å²) in [6.45, 7) is 0. The van der Waals surface area contributed by atoms with E-state index in [9.17, 15) is 9.90 Å². The van der Waals surface area contributed by atoms with Gasteiger partial charge in [0.1, 0.15) is 11.5 Å². The van der Waals surface area contributed by atoms with Crippen molar-refractivity contribution in [2.75, 3.05) is 0 Å². The van der Waals surface area contributed by atoms with Crippen molar-refractivity contribution in [3.05, 3.63) is 59.2 Å². The number of carbonyl (C=O) groups is 1. The molecule has 2 aliphatic carbocycles. The highest BCUT2D eigenvalue weighted by atomic mass is 16.3. The third-order valence-electron chi connectivity index (χ3n) is 5.12. The molecule has 0 spiro atoms. The van der Waals surface area contributed by atoms with Crippen LogP contribution in [0.25, 0.3) is 0 Å². The van der Waals surface area contributed by atoms with Gasteiger partial charge in [0.15, 0.2) is 0 Å². The number of aliphatic hydroxyl groups excluding tert-OH is 1. The van der Waals surface area contributed by atoms with Crippen LogP contribution in [0, 0.1) is 0 Å². The number of amides is 1. The van der Waals surface area contributed by atoms with Crippen molar-refractivity contribution in [3.8, 4) is 0 Å². The Balaban J connectivity index is 1.53. The molecule has 0 saturated heterocycles. The van der Waals surface area contributed by atoms with Crippen LogP contribution in [0.1, 0.15) is 65.1 Å². The lowest BCUT2D eigenvalue weighted by Crippen LogP contribution is -2.34. The van der Waals surface area contributed by atoms with Gasteiger partial charge >= 0.3 is 0 Å². The highest BCUT2D eigenvalue weighted by Crippen LogP contribution is 2.33. The molecule has 2 unspecified atom stereocenters. The van der Waals surface area contributed by atoms with Gasteiger partial charge in [0.05, 0.1) is 12.1 Å². The molecule has 2 aromatic rings. The van der Waals surface area contributed by atoms with Gasteiger partial charge < -0.3 is 10.4 Å². The van der Waals surface area contributed by atoms with Crippen LogP contribution in [0.5, 0.6) is 0 Å². The summed E-state index contributed by atoms with van der Waals surface area (Å²) in [5.74, 6) is 0.889. The fraction of sp³-hybridized carbons (Fsp3) is 0.421. The number of rotatable bonds is 3. The summed E-state index contributed by atoms with van der Waals surface area (Å²) in [6, 6.07) is 9.10. The average molecular weight is 323 g/mol. The first kappa shape index (κ1) is 15.3. The number of fused-ring (bicyclic) bond motifs is 1. The van der Waals surface area contributed by atoms with E-state index >= 15 is 0 Å². The lowest BCUT2D eigenvalue weighted by molar-refractivity contribution is 0.0853. The van der Waals surface area contributed by atoms with E-state index in [0.29, 0.717) is 18.0 Å². The molecule has 2 aliphatic rings. The maximum absolute atomic E-state index is 12.6. The Labute approximate surface area is 141 Å². The minimum atomic E-state index is -0.595. The molecular formula is C19H21N3O2. The van der Waals surface area contributed by atoms with Gasteiger partial charge in [-0.05, 0) is 30.0 Å². The van der Waals surface area contributed by atoms with E-state index in [1.807, 2.05) is 24.3 Å². The monoisotopic (exact) mass is 323 g/mol. The smallest absolute Gasteiger partial charge is 0.270 e. The first-order chi connectivity index (χ1) is 11.7. The largest absolute Gasteiger partial charge is 0.390 e. The van der Waals surface area contributed by atoms with E-state index in [4.69, 9.17) is 0 Å². The lowest BCUT2D eigenvalue weighted by atomic mass is 10.1. The van der Waals surface area contributed by atoms with Gasteiger partial charge in [0, 0.05) is 18.5 Å². The predicted molar refractivity (Wildman–Crippen MR) is 89.6 cm³/mol. The Hall–Kier alpha value is -2.27. The topological polar surface area (TPSA) is 75.1 Å². The zero-order valence-electron chi connectivity index (χ0n) is 13.5. The predicted octanol–water partition coefficient (Wildman–Crippen LogP) is 2.52. The van der Waals surface area contributed by atoms with Crippen molar-refractivity contribution in [1.29, 1.82) is 0 Å². The summed E-state index contributed by atoms with van der Waals surface area (Å²) in [4.78, 5) is 21.4. The fourth-order valence-electron chi connectivity index (χ4n) is 3.84. The zero-order chi connectivity index (χ0) is 16.5. The zero-order valence-corrected chi connectivity index (χ0v) is 13.5. The second-order valence-electron chi connectivity index (χ2n) is 6.70. The van der Waals surface area contributed by atoms with E-state index in [-0.39, 0.29) is 11.9 Å². The SMILES string of the molecule is O=C(NC1c2ccccc2CC1O)c1ccnc(C2CCCC2)n1. The van der Waals surface area contributed by atoms with Gasteiger partial charge in [-0.1, -0.05) is 37.1 Å². The molecule has 1 amide bonds. The molecular weight excluding hydrogens is 302 g/mol. The molecule has 5 heteroatoms. The van der Waals surface area contributed by atoms with E-state index in [2.05, 4.69) is 15.3 Å². The van der Waals surface area contributed by atoms with Crippen LogP contribution >= 0.6 is 0 Å². The summed E-state index contributed by atoms with van der Waals surface area (Å²) in [6.07, 6.45) is 6.24. The van der Waals surface area contributed by atoms with Gasteiger partial charge in [-0.25, -0.2) is 9.97 Å². The molecule has 0 radical (unpaired) electrons. The van der Waals surface area contributed by atoms with E-state index in [1.165, 1.54) is 12.8 Å². The van der Waals surface area contributed by atoms with Crippen LogP contribution in [0.2, 0.25) is 0 Å².